The van der Waals surface area contributed by atoms with E-state index in [1.54, 1.807) is 31.4 Å². The smallest absolute Gasteiger partial charge is 0.295 e. The first kappa shape index (κ1) is 21.9. The molecule has 2 aliphatic rings. The van der Waals surface area contributed by atoms with Gasteiger partial charge in [-0.2, -0.15) is 0 Å². The Morgan fingerprint density at radius 1 is 1.19 bits per heavy atom. The second kappa shape index (κ2) is 8.67. The van der Waals surface area contributed by atoms with Crippen LogP contribution in [0.2, 0.25) is 0 Å². The van der Waals surface area contributed by atoms with Crippen LogP contribution in [0.15, 0.2) is 48.0 Å². The highest BCUT2D eigenvalue weighted by Crippen LogP contribution is 2.40. The van der Waals surface area contributed by atoms with Crippen molar-refractivity contribution in [2.45, 2.75) is 25.5 Å². The van der Waals surface area contributed by atoms with Gasteiger partial charge in [-0.3, -0.25) is 9.59 Å². The van der Waals surface area contributed by atoms with Crippen molar-refractivity contribution in [2.24, 2.45) is 0 Å². The number of likely N-dealkylation sites (N-methyl/N-ethyl adjacent to an activating group) is 1. The zero-order valence-corrected chi connectivity index (χ0v) is 18.8. The summed E-state index contributed by atoms with van der Waals surface area (Å²) in [6.07, 6.45) is 0.800. The highest BCUT2D eigenvalue weighted by Gasteiger charge is 2.46. The zero-order chi connectivity index (χ0) is 23.0. The maximum Gasteiger partial charge on any atom is 0.295 e. The van der Waals surface area contributed by atoms with Crippen molar-refractivity contribution in [1.29, 1.82) is 0 Å². The van der Waals surface area contributed by atoms with Crippen LogP contribution in [-0.4, -0.2) is 67.0 Å². The Hall–Kier alpha value is -3.32. The summed E-state index contributed by atoms with van der Waals surface area (Å²) in [5, 5.41) is 11.2. The lowest BCUT2D eigenvalue weighted by molar-refractivity contribution is -0.140. The molecule has 1 N–H and O–H groups in total. The Labute approximate surface area is 187 Å². The second-order valence-corrected chi connectivity index (χ2v) is 8.52. The summed E-state index contributed by atoms with van der Waals surface area (Å²) < 4.78 is 11.0. The minimum absolute atomic E-state index is 0.0679. The summed E-state index contributed by atoms with van der Waals surface area (Å²) in [6.45, 7) is 2.94. The molecule has 2 atom stereocenters. The normalized spacial score (nSPS) is 21.7. The molecule has 0 spiro atoms. The summed E-state index contributed by atoms with van der Waals surface area (Å²) in [7, 11) is 5.40. The number of fused-ring (bicyclic) bond motifs is 1. The summed E-state index contributed by atoms with van der Waals surface area (Å²) in [6, 6.07) is 11.9. The highest BCUT2D eigenvalue weighted by molar-refractivity contribution is 6.46. The first-order valence-corrected chi connectivity index (χ1v) is 10.7. The molecule has 7 heteroatoms. The van der Waals surface area contributed by atoms with E-state index in [1.165, 1.54) is 4.90 Å². The van der Waals surface area contributed by atoms with E-state index in [-0.39, 0.29) is 17.4 Å². The Morgan fingerprint density at radius 3 is 2.56 bits per heavy atom. The quantitative estimate of drug-likeness (QED) is 0.426. The molecule has 1 saturated heterocycles. The lowest BCUT2D eigenvalue weighted by Crippen LogP contribution is -2.35. The topological polar surface area (TPSA) is 79.3 Å². The van der Waals surface area contributed by atoms with Crippen molar-refractivity contribution in [3.63, 3.8) is 0 Å². The van der Waals surface area contributed by atoms with Crippen LogP contribution in [-0.2, 0) is 16.0 Å². The first-order chi connectivity index (χ1) is 15.3. The average Bonchev–Trinajstić information content (AvgIpc) is 3.27. The molecule has 0 unspecified atom stereocenters. The summed E-state index contributed by atoms with van der Waals surface area (Å²) in [4.78, 5) is 29.6. The monoisotopic (exact) mass is 436 g/mol. The SMILES string of the molecule is COc1ccc([C@H]2/C(=C(\O)c3ccc4c(c3)C[C@H](C)O4)C(=O)C(=O)N2CCN(C)C)cc1. The Balaban J connectivity index is 1.80. The molecule has 2 aliphatic heterocycles. The molecular formula is C25H28N2O5. The third-order valence-electron chi connectivity index (χ3n) is 5.93. The van der Waals surface area contributed by atoms with Gasteiger partial charge in [0.15, 0.2) is 0 Å². The van der Waals surface area contributed by atoms with E-state index < -0.39 is 17.7 Å². The molecule has 0 radical (unpaired) electrons. The lowest BCUT2D eigenvalue weighted by atomic mass is 9.94. The van der Waals surface area contributed by atoms with E-state index in [1.807, 2.05) is 44.1 Å². The van der Waals surface area contributed by atoms with Gasteiger partial charge >= 0.3 is 0 Å². The maximum absolute atomic E-state index is 13.1. The van der Waals surface area contributed by atoms with Crippen molar-refractivity contribution < 1.29 is 24.2 Å². The van der Waals surface area contributed by atoms with Gasteiger partial charge in [0.25, 0.3) is 11.7 Å². The number of amides is 1. The van der Waals surface area contributed by atoms with E-state index in [0.29, 0.717) is 24.4 Å². The predicted octanol–water partition coefficient (Wildman–Crippen LogP) is 3.00. The van der Waals surface area contributed by atoms with Gasteiger partial charge in [-0.1, -0.05) is 12.1 Å². The van der Waals surface area contributed by atoms with E-state index in [2.05, 4.69) is 0 Å². The van der Waals surface area contributed by atoms with Gasteiger partial charge < -0.3 is 24.4 Å². The molecule has 168 valence electrons. The molecule has 2 heterocycles. The number of carbonyl (C=O) groups excluding carboxylic acids is 2. The van der Waals surface area contributed by atoms with Crippen LogP contribution in [0, 0.1) is 0 Å². The van der Waals surface area contributed by atoms with Crippen LogP contribution in [0.3, 0.4) is 0 Å². The third kappa shape index (κ3) is 3.96. The van der Waals surface area contributed by atoms with E-state index in [4.69, 9.17) is 9.47 Å². The Kier molecular flexibility index (Phi) is 5.93. The lowest BCUT2D eigenvalue weighted by Gasteiger charge is -2.26. The van der Waals surface area contributed by atoms with Gasteiger partial charge in [0.05, 0.1) is 18.7 Å². The molecule has 0 aromatic heterocycles. The van der Waals surface area contributed by atoms with Crippen LogP contribution in [0.4, 0.5) is 0 Å². The second-order valence-electron chi connectivity index (χ2n) is 8.52. The van der Waals surface area contributed by atoms with E-state index >= 15 is 0 Å². The molecule has 0 bridgehead atoms. The minimum atomic E-state index is -0.677. The standard InChI is InChI=1S/C25H28N2O5/c1-15-13-18-14-17(7-10-20(18)32-15)23(28)21-22(16-5-8-19(31-4)9-6-16)27(12-11-26(2)3)25(30)24(21)29/h5-10,14-15,22,28H,11-13H2,1-4H3/b23-21+/t15-,22-/m0/s1. The van der Waals surface area contributed by atoms with Gasteiger partial charge in [-0.25, -0.2) is 0 Å². The summed E-state index contributed by atoms with van der Waals surface area (Å²) in [5.41, 5.74) is 2.32. The fraction of sp³-hybridized carbons (Fsp3) is 0.360. The predicted molar refractivity (Wildman–Crippen MR) is 121 cm³/mol. The molecule has 0 saturated carbocycles. The number of hydrogen-bond acceptors (Lipinski definition) is 6. The highest BCUT2D eigenvalue weighted by atomic mass is 16.5. The van der Waals surface area contributed by atoms with Gasteiger partial charge in [-0.05, 0) is 62.5 Å². The number of methoxy groups -OCH3 is 1. The molecule has 2 aromatic carbocycles. The molecule has 1 amide bonds. The third-order valence-corrected chi connectivity index (χ3v) is 5.93. The van der Waals surface area contributed by atoms with Crippen LogP contribution in [0.25, 0.3) is 5.76 Å². The van der Waals surface area contributed by atoms with Gasteiger partial charge in [0, 0.05) is 25.1 Å². The summed E-state index contributed by atoms with van der Waals surface area (Å²) in [5.74, 6) is 0.0114. The average molecular weight is 437 g/mol. The number of aliphatic hydroxyl groups excluding tert-OH is 1. The molecule has 4 rings (SSSR count). The van der Waals surface area contributed by atoms with Crippen LogP contribution in [0.1, 0.15) is 29.7 Å². The van der Waals surface area contributed by atoms with E-state index in [0.717, 1.165) is 23.3 Å². The van der Waals surface area contributed by atoms with Gasteiger partial charge in [0.1, 0.15) is 23.4 Å². The number of Topliss-reactive ketones (excluding diaryl/α,β-unsaturated/α-hetero) is 1. The van der Waals surface area contributed by atoms with Crippen molar-refractivity contribution >= 4 is 17.4 Å². The maximum atomic E-state index is 13.1. The van der Waals surface area contributed by atoms with Crippen LogP contribution >= 0.6 is 0 Å². The first-order valence-electron chi connectivity index (χ1n) is 10.7. The molecule has 32 heavy (non-hydrogen) atoms. The van der Waals surface area contributed by atoms with Crippen molar-refractivity contribution in [1.82, 2.24) is 9.80 Å². The number of benzene rings is 2. The van der Waals surface area contributed by atoms with Crippen molar-refractivity contribution in [3.8, 4) is 11.5 Å². The number of aliphatic hydroxyl groups is 1. The van der Waals surface area contributed by atoms with Crippen molar-refractivity contribution in [2.75, 3.05) is 34.3 Å². The van der Waals surface area contributed by atoms with Crippen LogP contribution < -0.4 is 9.47 Å². The number of ketones is 1. The fourth-order valence-corrected chi connectivity index (χ4v) is 4.28. The van der Waals surface area contributed by atoms with Gasteiger partial charge in [0.2, 0.25) is 0 Å². The largest absolute Gasteiger partial charge is 0.507 e. The number of likely N-dealkylation sites (tertiary alicyclic amines) is 1. The van der Waals surface area contributed by atoms with Crippen LogP contribution in [0.5, 0.6) is 11.5 Å². The molecular weight excluding hydrogens is 408 g/mol. The summed E-state index contributed by atoms with van der Waals surface area (Å²) >= 11 is 0. The zero-order valence-electron chi connectivity index (χ0n) is 18.8. The van der Waals surface area contributed by atoms with Crippen molar-refractivity contribution in [3.05, 3.63) is 64.7 Å². The number of hydrogen-bond donors (Lipinski definition) is 1. The number of ether oxygens (including phenoxy) is 2. The van der Waals surface area contributed by atoms with Gasteiger partial charge in [-0.15, -0.1) is 0 Å². The molecule has 2 aromatic rings. The fourth-order valence-electron chi connectivity index (χ4n) is 4.28. The molecule has 7 nitrogen and oxygen atoms in total. The number of carbonyl (C=O) groups is 2. The number of nitrogens with zero attached hydrogens (tertiary/aromatic N) is 2. The number of rotatable bonds is 6. The Morgan fingerprint density at radius 2 is 1.91 bits per heavy atom. The van der Waals surface area contributed by atoms with E-state index in [9.17, 15) is 14.7 Å². The minimum Gasteiger partial charge on any atom is -0.507 e. The Bertz CT molecular complexity index is 1070. The molecule has 0 aliphatic carbocycles. The molecule has 1 fully saturated rings.